The van der Waals surface area contributed by atoms with E-state index < -0.39 is 17.6 Å². The first-order valence-corrected chi connectivity index (χ1v) is 6.99. The molecule has 2 rings (SSSR count). The maximum Gasteiger partial charge on any atom is 0.246 e. The molecule has 0 bridgehead atoms. The van der Waals surface area contributed by atoms with Crippen LogP contribution in [-0.4, -0.2) is 19.1 Å². The molecule has 0 saturated heterocycles. The Morgan fingerprint density at radius 1 is 1.45 bits per heavy atom. The molecule has 0 fully saturated rings. The van der Waals surface area contributed by atoms with E-state index in [1.807, 2.05) is 31.2 Å². The number of amides is 1. The molecule has 1 aromatic rings. The molecule has 2 atom stereocenters. The Bertz CT molecular complexity index is 610. The van der Waals surface area contributed by atoms with Crippen molar-refractivity contribution in [3.8, 4) is 0 Å². The second kappa shape index (κ2) is 5.52. The summed E-state index contributed by atoms with van der Waals surface area (Å²) in [5.74, 6) is -0.532. The van der Waals surface area contributed by atoms with Crippen LogP contribution >= 0.6 is 15.9 Å². The first-order valence-electron chi connectivity index (χ1n) is 6.19. The molecule has 0 aromatic heterocycles. The molecule has 4 N–H and O–H groups in total. The Hall–Kier alpha value is -1.43. The highest BCUT2D eigenvalue weighted by molar-refractivity contribution is 9.10. The van der Waals surface area contributed by atoms with Gasteiger partial charge < -0.3 is 16.2 Å². The van der Waals surface area contributed by atoms with E-state index in [0.29, 0.717) is 5.57 Å². The van der Waals surface area contributed by atoms with Crippen molar-refractivity contribution in [2.45, 2.75) is 18.6 Å². The van der Waals surface area contributed by atoms with Crippen molar-refractivity contribution in [1.29, 1.82) is 0 Å². The van der Waals surface area contributed by atoms with Crippen molar-refractivity contribution >= 4 is 21.8 Å². The van der Waals surface area contributed by atoms with Crippen LogP contribution in [0.2, 0.25) is 0 Å². The van der Waals surface area contributed by atoms with Gasteiger partial charge in [0.05, 0.1) is 6.04 Å². The lowest BCUT2D eigenvalue weighted by atomic mass is 9.77. The Balaban J connectivity index is 2.62. The predicted octanol–water partition coefficient (Wildman–Crippen LogP) is 1.91. The number of methoxy groups -OCH3 is 1. The molecule has 4 nitrogen and oxygen atoms in total. The average Bonchev–Trinajstić information content (AvgIpc) is 2.42. The van der Waals surface area contributed by atoms with Gasteiger partial charge in [0.15, 0.2) is 0 Å². The van der Waals surface area contributed by atoms with Crippen LogP contribution in [0.5, 0.6) is 0 Å². The molecule has 0 saturated carbocycles. The number of primary amides is 1. The van der Waals surface area contributed by atoms with Gasteiger partial charge in [0.25, 0.3) is 0 Å². The quantitative estimate of drug-likeness (QED) is 0.884. The van der Waals surface area contributed by atoms with Crippen molar-refractivity contribution in [3.63, 3.8) is 0 Å². The van der Waals surface area contributed by atoms with Crippen LogP contribution in [0.1, 0.15) is 11.1 Å². The fourth-order valence-electron chi connectivity index (χ4n) is 2.56. The van der Waals surface area contributed by atoms with Gasteiger partial charge in [0.1, 0.15) is 5.60 Å². The van der Waals surface area contributed by atoms with Crippen LogP contribution in [0.4, 0.5) is 0 Å². The van der Waals surface area contributed by atoms with Gasteiger partial charge in [0.2, 0.25) is 5.91 Å². The van der Waals surface area contributed by atoms with Crippen molar-refractivity contribution in [1.82, 2.24) is 0 Å². The highest BCUT2D eigenvalue weighted by atomic mass is 79.9. The van der Waals surface area contributed by atoms with Gasteiger partial charge in [-0.3, -0.25) is 4.79 Å². The highest BCUT2D eigenvalue weighted by Gasteiger charge is 2.42. The minimum atomic E-state index is -0.896. The van der Waals surface area contributed by atoms with Gasteiger partial charge >= 0.3 is 0 Å². The molecule has 0 radical (unpaired) electrons. The predicted molar refractivity (Wildman–Crippen MR) is 82.0 cm³/mol. The smallest absolute Gasteiger partial charge is 0.246 e. The molecule has 0 aliphatic heterocycles. The highest BCUT2D eigenvalue weighted by Crippen LogP contribution is 2.38. The van der Waals surface area contributed by atoms with Crippen LogP contribution in [0.3, 0.4) is 0 Å². The monoisotopic (exact) mass is 336 g/mol. The van der Waals surface area contributed by atoms with Crippen molar-refractivity contribution in [2.75, 3.05) is 7.11 Å². The van der Waals surface area contributed by atoms with Gasteiger partial charge in [0, 0.05) is 17.2 Å². The van der Waals surface area contributed by atoms with Gasteiger partial charge in [-0.15, -0.1) is 0 Å². The number of ether oxygens (including phenoxy) is 1. The molecule has 20 heavy (non-hydrogen) atoms. The second-order valence-corrected chi connectivity index (χ2v) is 5.59. The molecule has 1 aliphatic rings. The zero-order chi connectivity index (χ0) is 14.9. The third kappa shape index (κ3) is 2.22. The number of allylic oxidation sites excluding steroid dienone is 2. The number of halogens is 1. The van der Waals surface area contributed by atoms with E-state index in [1.54, 1.807) is 19.3 Å². The minimum absolute atomic E-state index is 0.355. The van der Waals surface area contributed by atoms with Gasteiger partial charge in [-0.05, 0) is 30.2 Å². The van der Waals surface area contributed by atoms with E-state index in [1.165, 1.54) is 0 Å². The molecule has 0 spiro atoms. The number of benzene rings is 1. The Morgan fingerprint density at radius 3 is 2.75 bits per heavy atom. The first kappa shape index (κ1) is 15.0. The Morgan fingerprint density at radius 2 is 2.15 bits per heavy atom. The summed E-state index contributed by atoms with van der Waals surface area (Å²) < 4.78 is 6.67. The Kier molecular flexibility index (Phi) is 4.13. The minimum Gasteiger partial charge on any atom is -0.367 e. The zero-order valence-corrected chi connectivity index (χ0v) is 13.0. The number of hydrogen-bond donors (Lipinski definition) is 2. The number of nitrogens with two attached hydrogens (primary N) is 2. The largest absolute Gasteiger partial charge is 0.367 e. The normalized spacial score (nSPS) is 25.4. The van der Waals surface area contributed by atoms with Gasteiger partial charge in [-0.25, -0.2) is 0 Å². The summed E-state index contributed by atoms with van der Waals surface area (Å²) in [5, 5.41) is 0. The molecule has 106 valence electrons. The Labute approximate surface area is 126 Å². The fraction of sp³-hybridized carbons (Fsp3) is 0.267. The summed E-state index contributed by atoms with van der Waals surface area (Å²) in [6.07, 6.45) is 5.25. The molecule has 1 aliphatic carbocycles. The molecule has 1 amide bonds. The summed E-state index contributed by atoms with van der Waals surface area (Å²) >= 11 is 3.50. The van der Waals surface area contributed by atoms with E-state index in [9.17, 15) is 4.79 Å². The number of carbonyl (C=O) groups is 1. The zero-order valence-electron chi connectivity index (χ0n) is 11.4. The molecule has 5 heteroatoms. The summed E-state index contributed by atoms with van der Waals surface area (Å²) in [6.45, 7) is 1.98. The van der Waals surface area contributed by atoms with E-state index >= 15 is 0 Å². The van der Waals surface area contributed by atoms with Crippen LogP contribution in [0.25, 0.3) is 0 Å². The van der Waals surface area contributed by atoms with Crippen molar-refractivity contribution in [3.05, 3.63) is 57.6 Å². The topological polar surface area (TPSA) is 78.3 Å². The molecule has 0 heterocycles. The van der Waals surface area contributed by atoms with Crippen LogP contribution in [-0.2, 0) is 15.1 Å². The summed E-state index contributed by atoms with van der Waals surface area (Å²) in [4.78, 5) is 11.5. The van der Waals surface area contributed by atoms with E-state index in [2.05, 4.69) is 15.9 Å². The van der Waals surface area contributed by atoms with E-state index in [4.69, 9.17) is 16.2 Å². The van der Waals surface area contributed by atoms with Crippen molar-refractivity contribution in [2.24, 2.45) is 11.5 Å². The number of hydrogen-bond acceptors (Lipinski definition) is 3. The van der Waals surface area contributed by atoms with Crippen molar-refractivity contribution < 1.29 is 9.53 Å². The fourth-order valence-corrected chi connectivity index (χ4v) is 2.93. The maximum atomic E-state index is 11.5. The maximum absolute atomic E-state index is 11.5. The SMILES string of the molecule is COC1(c2cccc(Br)c2C)C=CC=C(C(N)=O)C1N. The molecule has 2 unspecified atom stereocenters. The summed E-state index contributed by atoms with van der Waals surface area (Å²) in [7, 11) is 1.58. The molecular weight excluding hydrogens is 320 g/mol. The second-order valence-electron chi connectivity index (χ2n) is 4.73. The third-order valence-corrected chi connectivity index (χ3v) is 4.59. The van der Waals surface area contributed by atoms with E-state index in [-0.39, 0.29) is 0 Å². The lowest BCUT2D eigenvalue weighted by molar-refractivity contribution is -0.115. The lowest BCUT2D eigenvalue weighted by Crippen LogP contribution is -2.50. The van der Waals surface area contributed by atoms with Gasteiger partial charge in [-0.2, -0.15) is 0 Å². The third-order valence-electron chi connectivity index (χ3n) is 3.73. The van der Waals surface area contributed by atoms with Crippen LogP contribution in [0.15, 0.2) is 46.5 Å². The van der Waals surface area contributed by atoms with Gasteiger partial charge in [-0.1, -0.05) is 40.2 Å². The first-order chi connectivity index (χ1) is 9.44. The van der Waals surface area contributed by atoms with Crippen LogP contribution < -0.4 is 11.5 Å². The average molecular weight is 337 g/mol. The summed E-state index contributed by atoms with van der Waals surface area (Å²) in [5.41, 5.74) is 13.0. The lowest BCUT2D eigenvalue weighted by Gasteiger charge is -2.39. The number of carbonyl (C=O) groups excluding carboxylic acids is 1. The number of rotatable bonds is 3. The molecular formula is C15H17BrN2O2. The standard InChI is InChI=1S/C15H17BrN2O2/c1-9-11(6-3-7-12(9)16)15(20-2)8-4-5-10(13(15)17)14(18)19/h3-8,13H,17H2,1-2H3,(H2,18,19). The van der Waals surface area contributed by atoms with E-state index in [0.717, 1.165) is 15.6 Å². The summed E-state index contributed by atoms with van der Waals surface area (Å²) in [6, 6.07) is 5.15. The van der Waals surface area contributed by atoms with Crippen LogP contribution in [0, 0.1) is 6.92 Å². The molecule has 1 aromatic carbocycles.